The zero-order valence-electron chi connectivity index (χ0n) is 20.4. The lowest BCUT2D eigenvalue weighted by molar-refractivity contribution is -0.143. The van der Waals surface area contributed by atoms with E-state index in [-0.39, 0.29) is 29.9 Å². The van der Waals surface area contributed by atoms with Crippen LogP contribution in [0.4, 0.5) is 0 Å². The molecule has 0 fully saturated rings. The van der Waals surface area contributed by atoms with E-state index in [1.54, 1.807) is 4.90 Å². The van der Waals surface area contributed by atoms with Crippen LogP contribution in [-0.4, -0.2) is 35.4 Å². The van der Waals surface area contributed by atoms with Gasteiger partial charge in [0.15, 0.2) is 6.61 Å². The molecule has 0 bridgehead atoms. The summed E-state index contributed by atoms with van der Waals surface area (Å²) in [6, 6.07) is 17.1. The topological polar surface area (TPSA) is 58.6 Å². The molecule has 174 valence electrons. The largest absolute Gasteiger partial charge is 0.484 e. The fourth-order valence-corrected chi connectivity index (χ4v) is 3.42. The summed E-state index contributed by atoms with van der Waals surface area (Å²) in [4.78, 5) is 27.8. The molecule has 0 aromatic heterocycles. The Balaban J connectivity index is 2.16. The van der Waals surface area contributed by atoms with E-state index in [0.717, 1.165) is 12.0 Å². The van der Waals surface area contributed by atoms with Gasteiger partial charge in [-0.05, 0) is 48.4 Å². The van der Waals surface area contributed by atoms with E-state index in [2.05, 4.69) is 26.1 Å². The molecule has 2 aromatic rings. The fraction of sp³-hybridized carbons (Fsp3) is 0.481. The predicted octanol–water partition coefficient (Wildman–Crippen LogP) is 5.09. The first-order valence-corrected chi connectivity index (χ1v) is 11.5. The van der Waals surface area contributed by atoms with Crippen molar-refractivity contribution in [2.24, 2.45) is 0 Å². The molecule has 0 saturated carbocycles. The van der Waals surface area contributed by atoms with Gasteiger partial charge in [0, 0.05) is 12.6 Å². The highest BCUT2D eigenvalue weighted by Gasteiger charge is 2.29. The Morgan fingerprint density at radius 3 is 2.12 bits per heavy atom. The van der Waals surface area contributed by atoms with Crippen molar-refractivity contribution in [2.45, 2.75) is 78.4 Å². The van der Waals surface area contributed by atoms with Crippen LogP contribution in [0.2, 0.25) is 0 Å². The molecule has 32 heavy (non-hydrogen) atoms. The number of carbonyl (C=O) groups is 2. The van der Waals surface area contributed by atoms with Gasteiger partial charge < -0.3 is 15.0 Å². The normalized spacial score (nSPS) is 13.2. The SMILES string of the molecule is CC[C@H](C(=O)N[C@@H](C)CC)N(Cc1ccccc1)C(=O)COc1ccc(C(C)(C)C)cc1. The Hall–Kier alpha value is -2.82. The molecule has 0 aliphatic rings. The van der Waals surface area contributed by atoms with Gasteiger partial charge in [-0.2, -0.15) is 0 Å². The van der Waals surface area contributed by atoms with E-state index in [1.165, 1.54) is 5.56 Å². The zero-order valence-corrected chi connectivity index (χ0v) is 20.4. The molecular formula is C27H38N2O3. The molecule has 0 unspecified atom stereocenters. The summed E-state index contributed by atoms with van der Waals surface area (Å²) in [7, 11) is 0. The average Bonchev–Trinajstić information content (AvgIpc) is 2.77. The van der Waals surface area contributed by atoms with Gasteiger partial charge in [0.25, 0.3) is 5.91 Å². The van der Waals surface area contributed by atoms with Crippen LogP contribution in [0.5, 0.6) is 5.75 Å². The van der Waals surface area contributed by atoms with Crippen LogP contribution >= 0.6 is 0 Å². The van der Waals surface area contributed by atoms with Crippen LogP contribution in [0.1, 0.15) is 65.5 Å². The van der Waals surface area contributed by atoms with Crippen molar-refractivity contribution in [1.29, 1.82) is 0 Å². The summed E-state index contributed by atoms with van der Waals surface area (Å²) in [5, 5.41) is 3.02. The second kappa shape index (κ2) is 11.7. The summed E-state index contributed by atoms with van der Waals surface area (Å²) >= 11 is 0. The van der Waals surface area contributed by atoms with Crippen molar-refractivity contribution in [1.82, 2.24) is 10.2 Å². The molecule has 2 atom stereocenters. The second-order valence-electron chi connectivity index (χ2n) is 9.31. The van der Waals surface area contributed by atoms with E-state index in [4.69, 9.17) is 4.74 Å². The molecule has 5 nitrogen and oxygen atoms in total. The third kappa shape index (κ3) is 7.40. The Kier molecular flexibility index (Phi) is 9.30. The Labute approximate surface area is 193 Å². The van der Waals surface area contributed by atoms with Gasteiger partial charge in [0.05, 0.1) is 0 Å². The first-order valence-electron chi connectivity index (χ1n) is 11.5. The molecule has 0 radical (unpaired) electrons. The van der Waals surface area contributed by atoms with Crippen molar-refractivity contribution in [3.63, 3.8) is 0 Å². The van der Waals surface area contributed by atoms with E-state index in [9.17, 15) is 9.59 Å². The third-order valence-corrected chi connectivity index (χ3v) is 5.67. The number of hydrogen-bond donors (Lipinski definition) is 1. The quantitative estimate of drug-likeness (QED) is 0.562. The Morgan fingerprint density at radius 2 is 1.59 bits per heavy atom. The van der Waals surface area contributed by atoms with E-state index < -0.39 is 6.04 Å². The number of nitrogens with zero attached hydrogens (tertiary/aromatic N) is 1. The smallest absolute Gasteiger partial charge is 0.261 e. The van der Waals surface area contributed by atoms with E-state index in [1.807, 2.05) is 75.4 Å². The van der Waals surface area contributed by atoms with Gasteiger partial charge >= 0.3 is 0 Å². The maximum Gasteiger partial charge on any atom is 0.261 e. The second-order valence-corrected chi connectivity index (χ2v) is 9.31. The number of carbonyl (C=O) groups excluding carboxylic acids is 2. The van der Waals surface area contributed by atoms with Crippen molar-refractivity contribution in [2.75, 3.05) is 6.61 Å². The molecule has 0 spiro atoms. The molecule has 0 saturated heterocycles. The number of benzene rings is 2. The molecular weight excluding hydrogens is 400 g/mol. The Bertz CT molecular complexity index is 857. The minimum Gasteiger partial charge on any atom is -0.484 e. The maximum absolute atomic E-state index is 13.2. The van der Waals surface area contributed by atoms with Gasteiger partial charge in [-0.15, -0.1) is 0 Å². The minimum atomic E-state index is -0.552. The van der Waals surface area contributed by atoms with Crippen molar-refractivity contribution >= 4 is 11.8 Å². The number of rotatable bonds is 10. The minimum absolute atomic E-state index is 0.0537. The standard InChI is InChI=1S/C27H38N2O3/c1-7-20(3)28-26(31)24(8-2)29(18-21-12-10-9-11-13-21)25(30)19-32-23-16-14-22(15-17-23)27(4,5)6/h9-17,20,24H,7-8,18-19H2,1-6H3,(H,28,31)/t20-,24+/m0/s1. The van der Waals surface area contributed by atoms with Crippen molar-refractivity contribution in [3.05, 3.63) is 65.7 Å². The van der Waals surface area contributed by atoms with Gasteiger partial charge in [0.1, 0.15) is 11.8 Å². The fourth-order valence-electron chi connectivity index (χ4n) is 3.42. The molecule has 0 heterocycles. The van der Waals surface area contributed by atoms with E-state index >= 15 is 0 Å². The number of nitrogens with one attached hydrogen (secondary N) is 1. The first kappa shape index (κ1) is 25.4. The van der Waals surface area contributed by atoms with Crippen molar-refractivity contribution < 1.29 is 14.3 Å². The molecule has 2 amide bonds. The van der Waals surface area contributed by atoms with Crippen LogP contribution < -0.4 is 10.1 Å². The molecule has 0 aliphatic heterocycles. The van der Waals surface area contributed by atoms with Crippen LogP contribution in [0.15, 0.2) is 54.6 Å². The predicted molar refractivity (Wildman–Crippen MR) is 130 cm³/mol. The highest BCUT2D eigenvalue weighted by atomic mass is 16.5. The van der Waals surface area contributed by atoms with Crippen LogP contribution in [0.3, 0.4) is 0 Å². The summed E-state index contributed by atoms with van der Waals surface area (Å²) in [5.41, 5.74) is 2.23. The lowest BCUT2D eigenvalue weighted by Gasteiger charge is -2.31. The molecule has 1 N–H and O–H groups in total. The zero-order chi connectivity index (χ0) is 23.7. The summed E-state index contributed by atoms with van der Waals surface area (Å²) < 4.78 is 5.81. The lowest BCUT2D eigenvalue weighted by Crippen LogP contribution is -2.51. The monoisotopic (exact) mass is 438 g/mol. The van der Waals surface area contributed by atoms with Gasteiger partial charge in [-0.25, -0.2) is 0 Å². The van der Waals surface area contributed by atoms with Crippen LogP contribution in [-0.2, 0) is 21.5 Å². The van der Waals surface area contributed by atoms with Crippen molar-refractivity contribution in [3.8, 4) is 5.75 Å². The van der Waals surface area contributed by atoms with Crippen LogP contribution in [0.25, 0.3) is 0 Å². The summed E-state index contributed by atoms with van der Waals surface area (Å²) in [6.07, 6.45) is 1.36. The van der Waals surface area contributed by atoms with Crippen LogP contribution in [0, 0.1) is 0 Å². The Morgan fingerprint density at radius 1 is 0.969 bits per heavy atom. The number of hydrogen-bond acceptors (Lipinski definition) is 3. The summed E-state index contributed by atoms with van der Waals surface area (Å²) in [5.74, 6) is 0.309. The lowest BCUT2D eigenvalue weighted by atomic mass is 9.87. The molecule has 5 heteroatoms. The average molecular weight is 439 g/mol. The first-order chi connectivity index (χ1) is 15.2. The number of amides is 2. The maximum atomic E-state index is 13.2. The summed E-state index contributed by atoms with van der Waals surface area (Å²) in [6.45, 7) is 12.6. The highest BCUT2D eigenvalue weighted by Crippen LogP contribution is 2.24. The molecule has 2 rings (SSSR count). The molecule has 0 aliphatic carbocycles. The number of ether oxygens (including phenoxy) is 1. The van der Waals surface area contributed by atoms with E-state index in [0.29, 0.717) is 18.7 Å². The van der Waals surface area contributed by atoms with Gasteiger partial charge in [0.2, 0.25) is 5.91 Å². The van der Waals surface area contributed by atoms with Gasteiger partial charge in [-0.3, -0.25) is 9.59 Å². The highest BCUT2D eigenvalue weighted by molar-refractivity contribution is 5.88. The van der Waals surface area contributed by atoms with Gasteiger partial charge in [-0.1, -0.05) is 77.1 Å². The third-order valence-electron chi connectivity index (χ3n) is 5.67. The molecule has 2 aromatic carbocycles.